The predicted molar refractivity (Wildman–Crippen MR) is 78.5 cm³/mol. The number of hydrogen-bond acceptors (Lipinski definition) is 1. The first kappa shape index (κ1) is 12.5. The number of hydrogen-bond donors (Lipinski definition) is 0. The molecule has 0 N–H and O–H groups in total. The van der Waals surface area contributed by atoms with Crippen molar-refractivity contribution in [2.24, 2.45) is 0 Å². The fourth-order valence-electron chi connectivity index (χ4n) is 2.37. The maximum atomic E-state index is 6.57. The Hall–Kier alpha value is -0.570. The van der Waals surface area contributed by atoms with Gasteiger partial charge in [0.05, 0.1) is 5.69 Å². The van der Waals surface area contributed by atoms with E-state index in [1.54, 1.807) is 6.20 Å². The second-order valence-electron chi connectivity index (χ2n) is 4.40. The van der Waals surface area contributed by atoms with E-state index in [2.05, 4.69) is 27.0 Å². The molecule has 2 aromatic rings. The number of nitrogens with zero attached hydrogens (tertiary/aromatic N) is 1. The zero-order valence-electron chi connectivity index (χ0n) is 9.46. The Kier molecular flexibility index (Phi) is 3.35. The van der Waals surface area contributed by atoms with E-state index >= 15 is 0 Å². The van der Waals surface area contributed by atoms with E-state index < -0.39 is 0 Å². The summed E-state index contributed by atoms with van der Waals surface area (Å²) in [6.45, 7) is 0. The van der Waals surface area contributed by atoms with Crippen LogP contribution in [0.5, 0.6) is 0 Å². The Labute approximate surface area is 124 Å². The normalized spacial score (nSPS) is 17.8. The van der Waals surface area contributed by atoms with Gasteiger partial charge in [0.1, 0.15) is 5.38 Å². The van der Waals surface area contributed by atoms with Crippen molar-refractivity contribution in [1.29, 1.82) is 0 Å². The summed E-state index contributed by atoms with van der Waals surface area (Å²) in [6.07, 6.45) is 3.69. The molecule has 0 amide bonds. The minimum absolute atomic E-state index is 0.192. The average molecular weight is 343 g/mol. The molecule has 92 valence electrons. The zero-order valence-corrected chi connectivity index (χ0v) is 12.6. The number of rotatable bonds is 0. The molecule has 18 heavy (non-hydrogen) atoms. The van der Waals surface area contributed by atoms with E-state index in [9.17, 15) is 0 Å². The maximum Gasteiger partial charge on any atom is 0.101 e. The van der Waals surface area contributed by atoms with Crippen molar-refractivity contribution in [1.82, 2.24) is 4.98 Å². The van der Waals surface area contributed by atoms with Gasteiger partial charge in [0.2, 0.25) is 0 Å². The summed E-state index contributed by atoms with van der Waals surface area (Å²) in [4.78, 5) is 4.47. The molecule has 1 heterocycles. The van der Waals surface area contributed by atoms with Gasteiger partial charge in [-0.25, -0.2) is 0 Å². The Morgan fingerprint density at radius 3 is 2.78 bits per heavy atom. The molecule has 0 fully saturated rings. The number of fused-ring (bicyclic) bond motifs is 2. The van der Waals surface area contributed by atoms with Crippen LogP contribution >= 0.6 is 39.1 Å². The van der Waals surface area contributed by atoms with Gasteiger partial charge in [-0.2, -0.15) is 0 Å². The van der Waals surface area contributed by atoms with Gasteiger partial charge in [-0.05, 0) is 63.7 Å². The van der Waals surface area contributed by atoms with Crippen molar-refractivity contribution in [3.8, 4) is 0 Å². The monoisotopic (exact) mass is 341 g/mol. The molecule has 0 saturated carbocycles. The van der Waals surface area contributed by atoms with Crippen molar-refractivity contribution in [3.63, 3.8) is 0 Å². The van der Waals surface area contributed by atoms with Gasteiger partial charge in [-0.1, -0.05) is 17.7 Å². The molecule has 3 rings (SSSR count). The molecule has 1 aliphatic rings. The molecule has 1 aromatic carbocycles. The molecule has 1 aliphatic carbocycles. The van der Waals surface area contributed by atoms with Crippen molar-refractivity contribution >= 4 is 39.1 Å². The van der Waals surface area contributed by atoms with Crippen molar-refractivity contribution in [2.45, 2.75) is 18.2 Å². The van der Waals surface area contributed by atoms with Crippen LogP contribution in [0, 0.1) is 0 Å². The van der Waals surface area contributed by atoms with Crippen LogP contribution in [0.1, 0.15) is 27.8 Å². The summed E-state index contributed by atoms with van der Waals surface area (Å²) in [6, 6.07) is 8.01. The fraction of sp³-hybridized carbons (Fsp3) is 0.214. The molecule has 4 heteroatoms. The minimum Gasteiger partial charge on any atom is -0.258 e. The van der Waals surface area contributed by atoms with E-state index in [-0.39, 0.29) is 5.38 Å². The molecule has 1 nitrogen and oxygen atoms in total. The molecule has 0 bridgehead atoms. The van der Waals surface area contributed by atoms with Crippen LogP contribution in [-0.4, -0.2) is 4.98 Å². The van der Waals surface area contributed by atoms with Gasteiger partial charge in [0, 0.05) is 15.7 Å². The summed E-state index contributed by atoms with van der Waals surface area (Å²) < 4.78 is 0.995. The first-order valence-corrected chi connectivity index (χ1v) is 7.32. The van der Waals surface area contributed by atoms with Crippen LogP contribution in [0.2, 0.25) is 5.02 Å². The lowest BCUT2D eigenvalue weighted by Gasteiger charge is -2.12. The van der Waals surface area contributed by atoms with Crippen LogP contribution < -0.4 is 0 Å². The molecule has 0 radical (unpaired) electrons. The first-order valence-electron chi connectivity index (χ1n) is 5.72. The summed E-state index contributed by atoms with van der Waals surface area (Å²) >= 11 is 16.1. The summed E-state index contributed by atoms with van der Waals surface area (Å²) in [5.74, 6) is 0. The summed E-state index contributed by atoms with van der Waals surface area (Å²) in [5, 5.41) is 0.570. The van der Waals surface area contributed by atoms with Crippen molar-refractivity contribution in [3.05, 3.63) is 62.3 Å². The van der Waals surface area contributed by atoms with Crippen molar-refractivity contribution in [2.75, 3.05) is 0 Å². The zero-order chi connectivity index (χ0) is 12.7. The van der Waals surface area contributed by atoms with Crippen LogP contribution in [0.3, 0.4) is 0 Å². The van der Waals surface area contributed by atoms with Gasteiger partial charge < -0.3 is 0 Å². The van der Waals surface area contributed by atoms with E-state index in [1.807, 2.05) is 18.2 Å². The van der Waals surface area contributed by atoms with Crippen LogP contribution in [0.25, 0.3) is 0 Å². The number of benzene rings is 1. The smallest absolute Gasteiger partial charge is 0.101 e. The van der Waals surface area contributed by atoms with E-state index in [4.69, 9.17) is 23.2 Å². The highest BCUT2D eigenvalue weighted by Crippen LogP contribution is 2.37. The molecule has 0 saturated heterocycles. The third-order valence-corrected chi connectivity index (χ3v) is 4.36. The number of pyridine rings is 1. The minimum atomic E-state index is -0.192. The molecule has 0 unspecified atom stereocenters. The largest absolute Gasteiger partial charge is 0.258 e. The third-order valence-electron chi connectivity index (χ3n) is 3.25. The molecule has 0 spiro atoms. The van der Waals surface area contributed by atoms with Gasteiger partial charge in [-0.15, -0.1) is 11.6 Å². The maximum absolute atomic E-state index is 6.57. The number of aryl methyl sites for hydroxylation is 2. The number of alkyl halides is 1. The lowest BCUT2D eigenvalue weighted by atomic mass is 10.0. The second kappa shape index (κ2) is 4.84. The third kappa shape index (κ3) is 2.18. The highest BCUT2D eigenvalue weighted by molar-refractivity contribution is 9.10. The van der Waals surface area contributed by atoms with Crippen LogP contribution in [0.4, 0.5) is 0 Å². The average Bonchev–Trinajstić information content (AvgIpc) is 2.47. The Balaban J connectivity index is 2.15. The van der Waals surface area contributed by atoms with E-state index in [0.717, 1.165) is 33.6 Å². The lowest BCUT2D eigenvalue weighted by molar-refractivity contribution is 0.947. The Morgan fingerprint density at radius 1 is 1.17 bits per heavy atom. The fourth-order valence-corrected chi connectivity index (χ4v) is 3.36. The number of halogens is 3. The molecular weight excluding hydrogens is 333 g/mol. The summed E-state index contributed by atoms with van der Waals surface area (Å²) in [7, 11) is 0. The molecule has 1 atom stereocenters. The van der Waals surface area contributed by atoms with Crippen LogP contribution in [-0.2, 0) is 12.8 Å². The predicted octanol–water partition coefficient (Wildman–Crippen LogP) is 4.92. The second-order valence-corrected chi connectivity index (χ2v) is 6.19. The highest BCUT2D eigenvalue weighted by Gasteiger charge is 2.23. The van der Waals surface area contributed by atoms with Gasteiger partial charge >= 0.3 is 0 Å². The standard InChI is InChI=1S/C14H10BrCl2N/c15-10-5-9-2-1-8-6-11(16)3-4-12(8)13(17)14(9)18-7-10/h3-7,13H,1-2H2/t13-/m0/s1. The molecule has 1 aromatic heterocycles. The van der Waals surface area contributed by atoms with E-state index in [1.165, 1.54) is 11.1 Å². The molecular formula is C14H10BrCl2N. The SMILES string of the molecule is Clc1ccc2c(c1)CCc1cc(Br)cnc1[C@H]2Cl. The molecule has 0 aliphatic heterocycles. The quantitative estimate of drug-likeness (QED) is 0.619. The first-order chi connectivity index (χ1) is 8.65. The summed E-state index contributed by atoms with van der Waals surface area (Å²) in [5.41, 5.74) is 4.50. The Bertz CT molecular complexity index is 559. The van der Waals surface area contributed by atoms with Gasteiger partial charge in [0.25, 0.3) is 0 Å². The lowest BCUT2D eigenvalue weighted by Crippen LogP contribution is -2.00. The van der Waals surface area contributed by atoms with Crippen molar-refractivity contribution < 1.29 is 0 Å². The van der Waals surface area contributed by atoms with E-state index in [0.29, 0.717) is 0 Å². The Morgan fingerprint density at radius 2 is 1.94 bits per heavy atom. The van der Waals surface area contributed by atoms with Gasteiger partial charge in [-0.3, -0.25) is 4.98 Å². The van der Waals surface area contributed by atoms with Gasteiger partial charge in [0.15, 0.2) is 0 Å². The number of aromatic nitrogens is 1. The topological polar surface area (TPSA) is 12.9 Å². The van der Waals surface area contributed by atoms with Crippen LogP contribution in [0.15, 0.2) is 34.9 Å². The highest BCUT2D eigenvalue weighted by atomic mass is 79.9.